The molecule has 0 saturated carbocycles. The molecule has 0 saturated heterocycles. The van der Waals surface area contributed by atoms with Gasteiger partial charge in [0.25, 0.3) is 0 Å². The SMILES string of the molecule is CCCCOC(C(=O)O)c1ccccc1. The maximum absolute atomic E-state index is 11.0. The van der Waals surface area contributed by atoms with Crippen LogP contribution in [-0.2, 0) is 9.53 Å². The lowest BCUT2D eigenvalue weighted by molar-refractivity contribution is -0.151. The molecule has 0 heterocycles. The van der Waals surface area contributed by atoms with Gasteiger partial charge in [-0.05, 0) is 12.0 Å². The minimum Gasteiger partial charge on any atom is -0.479 e. The lowest BCUT2D eigenvalue weighted by Gasteiger charge is -2.13. The van der Waals surface area contributed by atoms with Crippen LogP contribution in [0.25, 0.3) is 0 Å². The lowest BCUT2D eigenvalue weighted by atomic mass is 10.1. The van der Waals surface area contributed by atoms with Crippen molar-refractivity contribution in [3.05, 3.63) is 35.9 Å². The zero-order chi connectivity index (χ0) is 11.1. The van der Waals surface area contributed by atoms with Crippen LogP contribution in [0.5, 0.6) is 0 Å². The molecule has 1 aromatic carbocycles. The Morgan fingerprint density at radius 2 is 2.07 bits per heavy atom. The van der Waals surface area contributed by atoms with Crippen LogP contribution in [0, 0.1) is 0 Å². The zero-order valence-electron chi connectivity index (χ0n) is 8.85. The molecular weight excluding hydrogens is 192 g/mol. The Labute approximate surface area is 89.7 Å². The van der Waals surface area contributed by atoms with Gasteiger partial charge in [0.1, 0.15) is 0 Å². The van der Waals surface area contributed by atoms with Gasteiger partial charge in [0, 0.05) is 6.61 Å². The summed E-state index contributed by atoms with van der Waals surface area (Å²) in [7, 11) is 0. The molecule has 0 radical (unpaired) electrons. The summed E-state index contributed by atoms with van der Waals surface area (Å²) in [4.78, 5) is 11.0. The number of benzene rings is 1. The molecule has 1 rings (SSSR count). The van der Waals surface area contributed by atoms with Crippen molar-refractivity contribution < 1.29 is 14.6 Å². The number of carboxylic acids is 1. The van der Waals surface area contributed by atoms with Gasteiger partial charge in [0.15, 0.2) is 6.10 Å². The van der Waals surface area contributed by atoms with Crippen molar-refractivity contribution in [1.82, 2.24) is 0 Å². The summed E-state index contributed by atoms with van der Waals surface area (Å²) in [6, 6.07) is 9.02. The van der Waals surface area contributed by atoms with E-state index < -0.39 is 12.1 Å². The maximum atomic E-state index is 11.0. The number of hydrogen-bond donors (Lipinski definition) is 1. The third-order valence-corrected chi connectivity index (χ3v) is 2.11. The van der Waals surface area contributed by atoms with E-state index in [0.717, 1.165) is 12.8 Å². The molecule has 82 valence electrons. The van der Waals surface area contributed by atoms with Gasteiger partial charge < -0.3 is 9.84 Å². The molecule has 1 N–H and O–H groups in total. The van der Waals surface area contributed by atoms with Gasteiger partial charge in [-0.2, -0.15) is 0 Å². The molecule has 3 heteroatoms. The predicted octanol–water partition coefficient (Wildman–Crippen LogP) is 2.63. The number of carboxylic acid groups (broad SMARTS) is 1. The molecule has 1 unspecified atom stereocenters. The number of rotatable bonds is 6. The van der Waals surface area contributed by atoms with Crippen LogP contribution in [0.3, 0.4) is 0 Å². The van der Waals surface area contributed by atoms with E-state index in [-0.39, 0.29) is 0 Å². The fraction of sp³-hybridized carbons (Fsp3) is 0.417. The van der Waals surface area contributed by atoms with E-state index in [1.807, 2.05) is 25.1 Å². The van der Waals surface area contributed by atoms with Gasteiger partial charge in [-0.1, -0.05) is 43.7 Å². The van der Waals surface area contributed by atoms with Crippen LogP contribution in [0.2, 0.25) is 0 Å². The number of hydrogen-bond acceptors (Lipinski definition) is 2. The Kier molecular flexibility index (Phi) is 4.84. The first-order valence-electron chi connectivity index (χ1n) is 5.15. The lowest BCUT2D eigenvalue weighted by Crippen LogP contribution is -2.15. The Morgan fingerprint density at radius 3 is 2.60 bits per heavy atom. The molecule has 3 nitrogen and oxygen atoms in total. The van der Waals surface area contributed by atoms with Crippen LogP contribution in [-0.4, -0.2) is 17.7 Å². The maximum Gasteiger partial charge on any atom is 0.337 e. The molecule has 0 aliphatic carbocycles. The highest BCUT2D eigenvalue weighted by atomic mass is 16.5. The van der Waals surface area contributed by atoms with E-state index in [1.54, 1.807) is 12.1 Å². The minimum atomic E-state index is -0.933. The molecule has 0 aromatic heterocycles. The van der Waals surface area contributed by atoms with Crippen molar-refractivity contribution in [2.75, 3.05) is 6.61 Å². The quantitative estimate of drug-likeness (QED) is 0.731. The number of ether oxygens (including phenoxy) is 1. The minimum absolute atomic E-state index is 0.488. The van der Waals surface area contributed by atoms with Gasteiger partial charge >= 0.3 is 5.97 Å². The fourth-order valence-corrected chi connectivity index (χ4v) is 1.28. The summed E-state index contributed by atoms with van der Waals surface area (Å²) in [5.41, 5.74) is 0.695. The third kappa shape index (κ3) is 3.72. The van der Waals surface area contributed by atoms with Crippen LogP contribution in [0.15, 0.2) is 30.3 Å². The summed E-state index contributed by atoms with van der Waals surface area (Å²) < 4.78 is 5.33. The van der Waals surface area contributed by atoms with Crippen molar-refractivity contribution in [2.45, 2.75) is 25.9 Å². The van der Waals surface area contributed by atoms with Gasteiger partial charge in [0.2, 0.25) is 0 Å². The van der Waals surface area contributed by atoms with Crippen molar-refractivity contribution in [2.24, 2.45) is 0 Å². The Morgan fingerprint density at radius 1 is 1.40 bits per heavy atom. The summed E-state index contributed by atoms with van der Waals surface area (Å²) in [5.74, 6) is -0.933. The highest BCUT2D eigenvalue weighted by molar-refractivity contribution is 5.74. The molecule has 1 aromatic rings. The first-order chi connectivity index (χ1) is 7.25. The summed E-state index contributed by atoms with van der Waals surface area (Å²) >= 11 is 0. The molecule has 0 amide bonds. The molecule has 1 atom stereocenters. The van der Waals surface area contributed by atoms with Gasteiger partial charge in [0.05, 0.1) is 0 Å². The standard InChI is InChI=1S/C12H16O3/c1-2-3-9-15-11(12(13)14)10-7-5-4-6-8-10/h4-8,11H,2-3,9H2,1H3,(H,13,14). The van der Waals surface area contributed by atoms with Crippen molar-refractivity contribution in [1.29, 1.82) is 0 Å². The van der Waals surface area contributed by atoms with Crippen LogP contribution >= 0.6 is 0 Å². The number of aliphatic carboxylic acids is 1. The van der Waals surface area contributed by atoms with E-state index in [2.05, 4.69) is 0 Å². The van der Waals surface area contributed by atoms with Crippen molar-refractivity contribution in [3.8, 4) is 0 Å². The molecule has 0 fully saturated rings. The second-order valence-corrected chi connectivity index (χ2v) is 3.35. The second kappa shape index (κ2) is 6.19. The monoisotopic (exact) mass is 208 g/mol. The van der Waals surface area contributed by atoms with E-state index >= 15 is 0 Å². The smallest absolute Gasteiger partial charge is 0.337 e. The van der Waals surface area contributed by atoms with Crippen LogP contribution in [0.4, 0.5) is 0 Å². The average molecular weight is 208 g/mol. The van der Waals surface area contributed by atoms with E-state index in [9.17, 15) is 4.79 Å². The van der Waals surface area contributed by atoms with Gasteiger partial charge in [-0.15, -0.1) is 0 Å². The Bertz CT molecular complexity index is 295. The van der Waals surface area contributed by atoms with E-state index in [0.29, 0.717) is 12.2 Å². The summed E-state index contributed by atoms with van der Waals surface area (Å²) in [5, 5.41) is 9.00. The molecule has 0 spiro atoms. The van der Waals surface area contributed by atoms with Crippen LogP contribution < -0.4 is 0 Å². The largest absolute Gasteiger partial charge is 0.479 e. The molecule has 0 aliphatic heterocycles. The van der Waals surface area contributed by atoms with Crippen LogP contribution in [0.1, 0.15) is 31.4 Å². The van der Waals surface area contributed by atoms with Crippen molar-refractivity contribution >= 4 is 5.97 Å². The zero-order valence-corrected chi connectivity index (χ0v) is 8.85. The number of carbonyl (C=O) groups is 1. The Hall–Kier alpha value is -1.35. The second-order valence-electron chi connectivity index (χ2n) is 3.35. The first-order valence-corrected chi connectivity index (χ1v) is 5.15. The van der Waals surface area contributed by atoms with Crippen molar-refractivity contribution in [3.63, 3.8) is 0 Å². The first kappa shape index (κ1) is 11.7. The molecule has 15 heavy (non-hydrogen) atoms. The molecule has 0 aliphatic rings. The highest BCUT2D eigenvalue weighted by Gasteiger charge is 2.19. The Balaban J connectivity index is 2.62. The predicted molar refractivity (Wildman–Crippen MR) is 57.7 cm³/mol. The fourth-order valence-electron chi connectivity index (χ4n) is 1.28. The molecule has 0 bridgehead atoms. The highest BCUT2D eigenvalue weighted by Crippen LogP contribution is 2.17. The third-order valence-electron chi connectivity index (χ3n) is 2.11. The normalized spacial score (nSPS) is 12.3. The average Bonchev–Trinajstić information content (AvgIpc) is 2.25. The van der Waals surface area contributed by atoms with E-state index in [4.69, 9.17) is 9.84 Å². The number of unbranched alkanes of at least 4 members (excludes halogenated alkanes) is 1. The molecular formula is C12H16O3. The topological polar surface area (TPSA) is 46.5 Å². The van der Waals surface area contributed by atoms with E-state index in [1.165, 1.54) is 0 Å². The summed E-state index contributed by atoms with van der Waals surface area (Å²) in [6.07, 6.45) is 1.05. The van der Waals surface area contributed by atoms with Gasteiger partial charge in [-0.25, -0.2) is 4.79 Å². The van der Waals surface area contributed by atoms with Gasteiger partial charge in [-0.3, -0.25) is 0 Å². The summed E-state index contributed by atoms with van der Waals surface area (Å²) in [6.45, 7) is 2.53.